The monoisotopic (exact) mass is 464 g/mol. The first kappa shape index (κ1) is 22.5. The first-order valence-corrected chi connectivity index (χ1v) is 11.6. The number of nitrogens with one attached hydrogen (secondary N) is 1. The molecule has 9 heteroatoms. The first-order valence-electron chi connectivity index (χ1n) is 11.6. The lowest BCUT2D eigenvalue weighted by atomic mass is 10.1. The topological polar surface area (TPSA) is 89.5 Å². The highest BCUT2D eigenvalue weighted by Crippen LogP contribution is 2.40. The van der Waals surface area contributed by atoms with Gasteiger partial charge in [-0.1, -0.05) is 0 Å². The first-order chi connectivity index (χ1) is 16.5. The summed E-state index contributed by atoms with van der Waals surface area (Å²) in [6.07, 6.45) is 7.84. The molecule has 176 valence electrons. The van der Waals surface area contributed by atoms with Crippen molar-refractivity contribution in [2.24, 2.45) is 0 Å². The maximum Gasteiger partial charge on any atom is 0.182 e. The Morgan fingerprint density at radius 2 is 1.79 bits per heavy atom. The second kappa shape index (κ2) is 9.50. The average Bonchev–Trinajstić information content (AvgIpc) is 3.57. The van der Waals surface area contributed by atoms with Gasteiger partial charge in [0.15, 0.2) is 5.65 Å². The Hall–Kier alpha value is -3.33. The number of ether oxygens (including phenoxy) is 1. The van der Waals surface area contributed by atoms with E-state index in [0.717, 1.165) is 36.4 Å². The number of fused-ring (bicyclic) bond motifs is 1. The largest absolute Gasteiger partial charge is 0.372 e. The molecule has 1 saturated heterocycles. The third-order valence-corrected chi connectivity index (χ3v) is 6.21. The molecule has 0 bridgehead atoms. The third-order valence-electron chi connectivity index (χ3n) is 6.21. The number of aromatic amines is 1. The van der Waals surface area contributed by atoms with E-state index in [-0.39, 0.29) is 11.7 Å². The van der Waals surface area contributed by atoms with Crippen LogP contribution < -0.4 is 0 Å². The molecule has 1 N–H and O–H groups in total. The summed E-state index contributed by atoms with van der Waals surface area (Å²) < 4.78 is 32.6. The fraction of sp³-hybridized carbons (Fsp3) is 0.400. The van der Waals surface area contributed by atoms with Gasteiger partial charge in [-0.3, -0.25) is 5.10 Å². The fourth-order valence-corrected chi connectivity index (χ4v) is 4.01. The van der Waals surface area contributed by atoms with Crippen molar-refractivity contribution in [3.05, 3.63) is 65.0 Å². The SMILES string of the molecule is Cc1nc2ncnc(-c3ccc(F)cc3F)c2nc1C.c1c(C2CC2)n[nH]c1C1CCCCO1. The number of halogens is 2. The van der Waals surface area contributed by atoms with Crippen molar-refractivity contribution >= 4 is 11.2 Å². The molecule has 1 unspecified atom stereocenters. The van der Waals surface area contributed by atoms with Crippen molar-refractivity contribution in [2.45, 2.75) is 58.0 Å². The lowest BCUT2D eigenvalue weighted by Crippen LogP contribution is -2.11. The van der Waals surface area contributed by atoms with Gasteiger partial charge in [0, 0.05) is 24.2 Å². The number of benzene rings is 1. The van der Waals surface area contributed by atoms with Gasteiger partial charge in [-0.15, -0.1) is 0 Å². The molecule has 2 aliphatic rings. The molecule has 0 spiro atoms. The summed E-state index contributed by atoms with van der Waals surface area (Å²) in [5.41, 5.74) is 5.18. The Balaban J connectivity index is 0.000000150. The van der Waals surface area contributed by atoms with Gasteiger partial charge >= 0.3 is 0 Å². The van der Waals surface area contributed by atoms with Crippen molar-refractivity contribution < 1.29 is 13.5 Å². The Morgan fingerprint density at radius 1 is 0.971 bits per heavy atom. The van der Waals surface area contributed by atoms with Gasteiger partial charge in [-0.2, -0.15) is 5.10 Å². The fourth-order valence-electron chi connectivity index (χ4n) is 4.01. The molecular formula is C25H26F2N6O. The standard InChI is InChI=1S/C14H10F2N4.C11H16N2O/c1-7-8(2)20-14-13(19-7)12(17-6-18-14)10-4-3-9(15)5-11(10)16;1-2-6-14-11(3-1)10-7-9(12-13-10)8-4-5-8/h3-6H,1-2H3;7-8,11H,1-6H2,(H,12,13). The smallest absolute Gasteiger partial charge is 0.182 e. The maximum absolute atomic E-state index is 13.9. The predicted octanol–water partition coefficient (Wildman–Crippen LogP) is 5.51. The Kier molecular flexibility index (Phi) is 6.28. The summed E-state index contributed by atoms with van der Waals surface area (Å²) >= 11 is 0. The lowest BCUT2D eigenvalue weighted by molar-refractivity contribution is 0.0123. The van der Waals surface area contributed by atoms with Crippen LogP contribution in [0.5, 0.6) is 0 Å². The highest BCUT2D eigenvalue weighted by molar-refractivity contribution is 5.86. The zero-order valence-corrected chi connectivity index (χ0v) is 19.2. The molecule has 4 aromatic rings. The highest BCUT2D eigenvalue weighted by atomic mass is 19.1. The Labute approximate surface area is 196 Å². The molecule has 4 heterocycles. The summed E-state index contributed by atoms with van der Waals surface area (Å²) in [6.45, 7) is 4.53. The van der Waals surface area contributed by atoms with E-state index in [4.69, 9.17) is 4.74 Å². The summed E-state index contributed by atoms with van der Waals surface area (Å²) in [5, 5.41) is 7.47. The van der Waals surface area contributed by atoms with Gasteiger partial charge in [0.05, 0.1) is 28.9 Å². The molecule has 1 atom stereocenters. The molecule has 6 rings (SSSR count). The molecule has 7 nitrogen and oxygen atoms in total. The lowest BCUT2D eigenvalue weighted by Gasteiger charge is -2.20. The molecule has 34 heavy (non-hydrogen) atoms. The van der Waals surface area contributed by atoms with E-state index in [2.05, 4.69) is 36.2 Å². The summed E-state index contributed by atoms with van der Waals surface area (Å²) in [6, 6.07) is 5.54. The molecule has 3 aromatic heterocycles. The molecule has 0 radical (unpaired) electrons. The van der Waals surface area contributed by atoms with E-state index in [1.54, 1.807) is 6.92 Å². The molecule has 1 aliphatic heterocycles. The van der Waals surface area contributed by atoms with E-state index in [1.165, 1.54) is 55.5 Å². The van der Waals surface area contributed by atoms with Crippen LogP contribution in [-0.2, 0) is 4.74 Å². The second-order valence-corrected chi connectivity index (χ2v) is 8.79. The number of hydrogen-bond acceptors (Lipinski definition) is 6. The maximum atomic E-state index is 13.9. The zero-order valence-electron chi connectivity index (χ0n) is 19.2. The van der Waals surface area contributed by atoms with Crippen LogP contribution >= 0.6 is 0 Å². The van der Waals surface area contributed by atoms with Crippen molar-refractivity contribution in [2.75, 3.05) is 6.61 Å². The molecule has 1 saturated carbocycles. The number of rotatable bonds is 3. The Morgan fingerprint density at radius 3 is 2.53 bits per heavy atom. The summed E-state index contributed by atoms with van der Waals surface area (Å²) in [4.78, 5) is 16.8. The van der Waals surface area contributed by atoms with E-state index >= 15 is 0 Å². The molecule has 2 fully saturated rings. The van der Waals surface area contributed by atoms with Crippen LogP contribution in [0.25, 0.3) is 22.4 Å². The Bertz CT molecular complexity index is 1310. The second-order valence-electron chi connectivity index (χ2n) is 8.79. The quantitative estimate of drug-likeness (QED) is 0.430. The molecule has 1 aliphatic carbocycles. The van der Waals surface area contributed by atoms with Gasteiger partial charge < -0.3 is 4.74 Å². The van der Waals surface area contributed by atoms with E-state index in [0.29, 0.717) is 16.9 Å². The van der Waals surface area contributed by atoms with Gasteiger partial charge in [-0.25, -0.2) is 28.7 Å². The van der Waals surface area contributed by atoms with Crippen molar-refractivity contribution in [3.63, 3.8) is 0 Å². The van der Waals surface area contributed by atoms with Crippen LogP contribution in [0.4, 0.5) is 8.78 Å². The number of hydrogen-bond donors (Lipinski definition) is 1. The van der Waals surface area contributed by atoms with E-state index in [1.807, 2.05) is 6.92 Å². The number of aryl methyl sites for hydroxylation is 2. The highest BCUT2D eigenvalue weighted by Gasteiger charge is 2.27. The van der Waals surface area contributed by atoms with Gasteiger partial charge in [0.25, 0.3) is 0 Å². The van der Waals surface area contributed by atoms with Gasteiger partial charge in [0.1, 0.15) is 29.2 Å². The van der Waals surface area contributed by atoms with Gasteiger partial charge in [0.2, 0.25) is 0 Å². The van der Waals surface area contributed by atoms with Gasteiger partial charge in [-0.05, 0) is 64.2 Å². The normalized spacial score (nSPS) is 17.9. The molecular weight excluding hydrogens is 438 g/mol. The predicted molar refractivity (Wildman–Crippen MR) is 123 cm³/mol. The van der Waals surface area contributed by atoms with Crippen LogP contribution in [0.2, 0.25) is 0 Å². The van der Waals surface area contributed by atoms with Crippen molar-refractivity contribution in [1.29, 1.82) is 0 Å². The number of aromatic nitrogens is 6. The van der Waals surface area contributed by atoms with Crippen molar-refractivity contribution in [1.82, 2.24) is 30.1 Å². The average molecular weight is 465 g/mol. The summed E-state index contributed by atoms with van der Waals surface area (Å²) in [7, 11) is 0. The van der Waals surface area contributed by atoms with E-state index in [9.17, 15) is 8.78 Å². The minimum atomic E-state index is -0.690. The molecule has 0 amide bonds. The zero-order chi connectivity index (χ0) is 23.7. The van der Waals surface area contributed by atoms with Crippen LogP contribution in [0.3, 0.4) is 0 Å². The minimum absolute atomic E-state index is 0.177. The third kappa shape index (κ3) is 4.79. The number of nitrogens with zero attached hydrogens (tertiary/aromatic N) is 5. The van der Waals surface area contributed by atoms with Crippen LogP contribution in [-0.4, -0.2) is 36.7 Å². The van der Waals surface area contributed by atoms with Crippen LogP contribution in [0.1, 0.15) is 66.9 Å². The number of H-pyrrole nitrogens is 1. The minimum Gasteiger partial charge on any atom is -0.372 e. The summed E-state index contributed by atoms with van der Waals surface area (Å²) in [5.74, 6) is -0.587. The van der Waals surface area contributed by atoms with Crippen LogP contribution in [0.15, 0.2) is 30.6 Å². The van der Waals surface area contributed by atoms with E-state index < -0.39 is 11.6 Å². The molecule has 1 aromatic carbocycles. The van der Waals surface area contributed by atoms with Crippen molar-refractivity contribution in [3.8, 4) is 11.3 Å². The van der Waals surface area contributed by atoms with Crippen LogP contribution in [0, 0.1) is 25.5 Å².